The Kier molecular flexibility index (Phi) is 3.91. The lowest BCUT2D eigenvalue weighted by Gasteiger charge is -2.10. The first-order valence-corrected chi connectivity index (χ1v) is 6.54. The molecule has 0 aliphatic carbocycles. The Bertz CT molecular complexity index is 578. The van der Waals surface area contributed by atoms with Crippen molar-refractivity contribution >= 4 is 29.0 Å². The summed E-state index contributed by atoms with van der Waals surface area (Å²) in [6, 6.07) is 4.78. The number of hydrogen-bond donors (Lipinski definition) is 2. The molecular weight excluding hydrogens is 264 g/mol. The molecule has 6 heteroatoms. The van der Waals surface area contributed by atoms with Gasteiger partial charge < -0.3 is 10.4 Å². The number of nitrogens with zero attached hydrogens (tertiary/aromatic N) is 1. The fourth-order valence-electron chi connectivity index (χ4n) is 1.50. The Morgan fingerprint density at radius 2 is 2.16 bits per heavy atom. The number of rotatable bonds is 4. The predicted octanol–water partition coefficient (Wildman–Crippen LogP) is 2.58. The molecule has 0 fully saturated rings. The Morgan fingerprint density at radius 1 is 1.37 bits per heavy atom. The van der Waals surface area contributed by atoms with E-state index in [0.717, 1.165) is 5.56 Å². The van der Waals surface area contributed by atoms with Crippen LogP contribution in [0.1, 0.15) is 28.8 Å². The van der Waals surface area contributed by atoms with Gasteiger partial charge in [-0.3, -0.25) is 4.79 Å². The summed E-state index contributed by atoms with van der Waals surface area (Å²) in [5.74, 6) is -1.14. The molecule has 0 saturated heterocycles. The number of carbonyl (C=O) groups is 2. The Hall–Kier alpha value is -2.21. The summed E-state index contributed by atoms with van der Waals surface area (Å²) in [6.45, 7) is 1.81. The molecule has 0 radical (unpaired) electrons. The van der Waals surface area contributed by atoms with E-state index in [0.29, 0.717) is 5.82 Å². The molecule has 19 heavy (non-hydrogen) atoms. The number of thiophene rings is 1. The SMILES string of the molecule is CC(C(=O)Nc1ccc(C(=O)O)cn1)c1ccsc1. The monoisotopic (exact) mass is 276 g/mol. The summed E-state index contributed by atoms with van der Waals surface area (Å²) in [4.78, 5) is 26.5. The minimum Gasteiger partial charge on any atom is -0.478 e. The van der Waals surface area contributed by atoms with E-state index < -0.39 is 5.97 Å². The number of carbonyl (C=O) groups excluding carboxylic acids is 1. The molecule has 1 atom stereocenters. The number of pyridine rings is 1. The molecule has 98 valence electrons. The second-order valence-corrected chi connectivity index (χ2v) is 4.78. The number of carboxylic acids is 1. The lowest BCUT2D eigenvalue weighted by molar-refractivity contribution is -0.117. The van der Waals surface area contributed by atoms with Crippen molar-refractivity contribution in [3.05, 3.63) is 46.3 Å². The van der Waals surface area contributed by atoms with Crippen LogP contribution in [0.25, 0.3) is 0 Å². The van der Waals surface area contributed by atoms with Gasteiger partial charge in [0.25, 0.3) is 0 Å². The first kappa shape index (κ1) is 13.2. The number of nitrogens with one attached hydrogen (secondary N) is 1. The normalized spacial score (nSPS) is 11.8. The van der Waals surface area contributed by atoms with Gasteiger partial charge in [-0.15, -0.1) is 0 Å². The van der Waals surface area contributed by atoms with Gasteiger partial charge in [0.15, 0.2) is 0 Å². The fraction of sp³-hybridized carbons (Fsp3) is 0.154. The van der Waals surface area contributed by atoms with E-state index in [1.807, 2.05) is 23.8 Å². The van der Waals surface area contributed by atoms with Crippen molar-refractivity contribution in [1.29, 1.82) is 0 Å². The zero-order valence-electron chi connectivity index (χ0n) is 10.2. The number of aromatic nitrogens is 1. The summed E-state index contributed by atoms with van der Waals surface area (Å²) in [5, 5.41) is 15.2. The quantitative estimate of drug-likeness (QED) is 0.899. The molecule has 0 aliphatic heterocycles. The molecule has 1 unspecified atom stereocenters. The average Bonchev–Trinajstić information content (AvgIpc) is 2.92. The van der Waals surface area contributed by atoms with Crippen LogP contribution in [0, 0.1) is 0 Å². The zero-order valence-corrected chi connectivity index (χ0v) is 11.0. The summed E-state index contributed by atoms with van der Waals surface area (Å²) in [7, 11) is 0. The van der Waals surface area contributed by atoms with Crippen molar-refractivity contribution in [3.8, 4) is 0 Å². The van der Waals surface area contributed by atoms with Crippen LogP contribution in [0.4, 0.5) is 5.82 Å². The molecule has 0 bridgehead atoms. The summed E-state index contributed by atoms with van der Waals surface area (Å²) in [6.07, 6.45) is 1.22. The standard InChI is InChI=1S/C13H12N2O3S/c1-8(10-4-5-19-7-10)12(16)15-11-3-2-9(6-14-11)13(17)18/h2-8H,1H3,(H,17,18)(H,14,15,16). The molecule has 0 spiro atoms. The van der Waals surface area contributed by atoms with Crippen molar-refractivity contribution in [3.63, 3.8) is 0 Å². The maximum absolute atomic E-state index is 12.0. The highest BCUT2D eigenvalue weighted by atomic mass is 32.1. The van der Waals surface area contributed by atoms with Gasteiger partial charge >= 0.3 is 5.97 Å². The molecule has 2 aromatic rings. The summed E-state index contributed by atoms with van der Waals surface area (Å²) < 4.78 is 0. The first-order valence-electron chi connectivity index (χ1n) is 5.60. The van der Waals surface area contributed by atoms with Gasteiger partial charge in [0.05, 0.1) is 11.5 Å². The molecule has 2 N–H and O–H groups in total. The minimum absolute atomic E-state index is 0.0869. The topological polar surface area (TPSA) is 79.3 Å². The molecule has 2 heterocycles. The Labute approximate surface area is 113 Å². The fourth-order valence-corrected chi connectivity index (χ4v) is 2.26. The highest BCUT2D eigenvalue weighted by molar-refractivity contribution is 7.08. The number of aromatic carboxylic acids is 1. The molecular formula is C13H12N2O3S. The third-order valence-corrected chi connectivity index (χ3v) is 3.40. The van der Waals surface area contributed by atoms with Gasteiger partial charge in [-0.1, -0.05) is 0 Å². The maximum Gasteiger partial charge on any atom is 0.337 e. The van der Waals surface area contributed by atoms with Crippen molar-refractivity contribution in [2.24, 2.45) is 0 Å². The maximum atomic E-state index is 12.0. The van der Waals surface area contributed by atoms with Gasteiger partial charge in [0.2, 0.25) is 5.91 Å². The summed E-state index contributed by atoms with van der Waals surface area (Å²) >= 11 is 1.54. The number of amides is 1. The van der Waals surface area contributed by atoms with Gasteiger partial charge in [0, 0.05) is 6.20 Å². The van der Waals surface area contributed by atoms with Crippen LogP contribution in [0.15, 0.2) is 35.2 Å². The summed E-state index contributed by atoms with van der Waals surface area (Å²) in [5.41, 5.74) is 1.04. The minimum atomic E-state index is -1.04. The number of anilines is 1. The largest absolute Gasteiger partial charge is 0.478 e. The average molecular weight is 276 g/mol. The van der Waals surface area contributed by atoms with Crippen molar-refractivity contribution in [2.75, 3.05) is 5.32 Å². The lowest BCUT2D eigenvalue weighted by Crippen LogP contribution is -2.19. The first-order chi connectivity index (χ1) is 9.08. The van der Waals surface area contributed by atoms with Crippen LogP contribution >= 0.6 is 11.3 Å². The van der Waals surface area contributed by atoms with Crippen LogP contribution < -0.4 is 5.32 Å². The van der Waals surface area contributed by atoms with Crippen molar-refractivity contribution < 1.29 is 14.7 Å². The van der Waals surface area contributed by atoms with Gasteiger partial charge in [-0.25, -0.2) is 9.78 Å². The van der Waals surface area contributed by atoms with Crippen LogP contribution in [0.5, 0.6) is 0 Å². The van der Waals surface area contributed by atoms with Crippen LogP contribution in [0.3, 0.4) is 0 Å². The Morgan fingerprint density at radius 3 is 2.68 bits per heavy atom. The zero-order chi connectivity index (χ0) is 13.8. The Balaban J connectivity index is 2.04. The van der Waals surface area contributed by atoms with E-state index in [1.165, 1.54) is 29.7 Å². The highest BCUT2D eigenvalue weighted by Crippen LogP contribution is 2.19. The highest BCUT2D eigenvalue weighted by Gasteiger charge is 2.16. The van der Waals surface area contributed by atoms with E-state index in [2.05, 4.69) is 10.3 Å². The lowest BCUT2D eigenvalue weighted by atomic mass is 10.0. The smallest absolute Gasteiger partial charge is 0.337 e. The van der Waals surface area contributed by atoms with Crippen molar-refractivity contribution in [2.45, 2.75) is 12.8 Å². The molecule has 5 nitrogen and oxygen atoms in total. The second-order valence-electron chi connectivity index (χ2n) is 4.00. The van der Waals surface area contributed by atoms with Crippen LogP contribution in [-0.2, 0) is 4.79 Å². The predicted molar refractivity (Wildman–Crippen MR) is 72.6 cm³/mol. The molecule has 2 aromatic heterocycles. The van der Waals surface area contributed by atoms with Gasteiger partial charge in [0.1, 0.15) is 5.82 Å². The molecule has 0 aromatic carbocycles. The van der Waals surface area contributed by atoms with Gasteiger partial charge in [-0.2, -0.15) is 11.3 Å². The molecule has 1 amide bonds. The third kappa shape index (κ3) is 3.17. The van der Waals surface area contributed by atoms with E-state index in [1.54, 1.807) is 0 Å². The van der Waals surface area contributed by atoms with E-state index in [-0.39, 0.29) is 17.4 Å². The number of hydrogen-bond acceptors (Lipinski definition) is 4. The van der Waals surface area contributed by atoms with Crippen LogP contribution in [0.2, 0.25) is 0 Å². The molecule has 0 aliphatic rings. The third-order valence-electron chi connectivity index (χ3n) is 2.70. The van der Waals surface area contributed by atoms with Crippen molar-refractivity contribution in [1.82, 2.24) is 4.98 Å². The molecule has 2 rings (SSSR count). The van der Waals surface area contributed by atoms with E-state index in [9.17, 15) is 9.59 Å². The van der Waals surface area contributed by atoms with Crippen LogP contribution in [-0.4, -0.2) is 22.0 Å². The number of carboxylic acid groups (broad SMARTS) is 1. The molecule has 0 saturated carbocycles. The second kappa shape index (κ2) is 5.62. The van der Waals surface area contributed by atoms with E-state index in [4.69, 9.17) is 5.11 Å². The van der Waals surface area contributed by atoms with E-state index >= 15 is 0 Å². The van der Waals surface area contributed by atoms with Gasteiger partial charge in [-0.05, 0) is 41.4 Å².